The number of nitrogens with one attached hydrogen (secondary N) is 1. The maximum atomic E-state index is 13.1. The summed E-state index contributed by atoms with van der Waals surface area (Å²) < 4.78 is 0. The Hall–Kier alpha value is -2.29. The van der Waals surface area contributed by atoms with E-state index >= 15 is 0 Å². The molecule has 6 nitrogen and oxygen atoms in total. The third-order valence-electron chi connectivity index (χ3n) is 5.17. The molecule has 1 saturated heterocycles. The zero-order valence-corrected chi connectivity index (χ0v) is 18.6. The van der Waals surface area contributed by atoms with Gasteiger partial charge in [-0.05, 0) is 47.9 Å². The van der Waals surface area contributed by atoms with Gasteiger partial charge in [-0.3, -0.25) is 14.5 Å². The molecule has 0 saturated carbocycles. The second kappa shape index (κ2) is 8.83. The topological polar surface area (TPSA) is 69.7 Å². The minimum Gasteiger partial charge on any atom is -0.324 e. The Bertz CT molecular complexity index is 1010. The van der Waals surface area contributed by atoms with Crippen molar-refractivity contribution in [2.45, 2.75) is 24.6 Å². The molecule has 2 unspecified atom stereocenters. The first-order valence-corrected chi connectivity index (χ1v) is 11.7. The van der Waals surface area contributed by atoms with Gasteiger partial charge in [0.1, 0.15) is 11.8 Å². The molecular weight excluding hydrogens is 442 g/mol. The van der Waals surface area contributed by atoms with E-state index in [2.05, 4.69) is 5.32 Å². The predicted molar refractivity (Wildman–Crippen MR) is 121 cm³/mol. The summed E-state index contributed by atoms with van der Waals surface area (Å²) in [4.78, 5) is 42.6. The summed E-state index contributed by atoms with van der Waals surface area (Å²) >= 11 is 9.11. The molecule has 2 aliphatic heterocycles. The lowest BCUT2D eigenvalue weighted by molar-refractivity contribution is -0.132. The van der Waals surface area contributed by atoms with Crippen LogP contribution in [0.15, 0.2) is 47.2 Å². The monoisotopic (exact) mass is 461 g/mol. The van der Waals surface area contributed by atoms with Crippen LogP contribution in [-0.2, 0) is 16.0 Å². The van der Waals surface area contributed by atoms with Crippen molar-refractivity contribution in [3.05, 3.63) is 62.7 Å². The van der Waals surface area contributed by atoms with Crippen molar-refractivity contribution in [3.63, 3.8) is 0 Å². The van der Waals surface area contributed by atoms with E-state index in [1.807, 2.05) is 35.9 Å². The number of fused-ring (bicyclic) bond motifs is 1. The van der Waals surface area contributed by atoms with Gasteiger partial charge < -0.3 is 10.2 Å². The van der Waals surface area contributed by atoms with E-state index in [9.17, 15) is 14.4 Å². The summed E-state index contributed by atoms with van der Waals surface area (Å²) in [5, 5.41) is 6.77. The first-order valence-electron chi connectivity index (χ1n) is 9.47. The van der Waals surface area contributed by atoms with Crippen LogP contribution in [-0.4, -0.2) is 52.0 Å². The highest BCUT2D eigenvalue weighted by molar-refractivity contribution is 8.03. The Kier molecular flexibility index (Phi) is 6.17. The number of nitrogens with zero attached hydrogens (tertiary/aromatic N) is 2. The van der Waals surface area contributed by atoms with E-state index in [0.717, 1.165) is 10.4 Å². The number of carbonyl (C=O) groups is 3. The van der Waals surface area contributed by atoms with Gasteiger partial charge in [-0.25, -0.2) is 4.79 Å². The van der Waals surface area contributed by atoms with E-state index in [1.165, 1.54) is 21.6 Å². The number of urea groups is 1. The molecule has 4 amide bonds. The second-order valence-corrected chi connectivity index (χ2v) is 9.56. The molecule has 2 atom stereocenters. The number of rotatable bonds is 6. The number of benzene rings is 1. The number of anilines is 1. The fourth-order valence-corrected chi connectivity index (χ4v) is 5.47. The standard InChI is InChI=1S/C21H20ClN3O3S2/c1-13-15(22)5-2-6-16(13)23-18(26)12-25-17-8-11-30-19(17)20(27)24(21(25)28)9-7-14-4-3-10-29-14/h2-6,8,10-11,17,19H,7,9,12H2,1H3,(H,23,26). The quantitative estimate of drug-likeness (QED) is 0.701. The molecule has 0 bridgehead atoms. The lowest BCUT2D eigenvalue weighted by Crippen LogP contribution is -2.63. The van der Waals surface area contributed by atoms with Gasteiger partial charge in [-0.1, -0.05) is 29.8 Å². The molecule has 3 heterocycles. The van der Waals surface area contributed by atoms with Crippen molar-refractivity contribution in [1.82, 2.24) is 9.80 Å². The molecule has 156 valence electrons. The van der Waals surface area contributed by atoms with Gasteiger partial charge >= 0.3 is 6.03 Å². The van der Waals surface area contributed by atoms with E-state index in [-0.39, 0.29) is 18.4 Å². The average Bonchev–Trinajstić information content (AvgIpc) is 3.41. The van der Waals surface area contributed by atoms with Crippen LogP contribution < -0.4 is 5.32 Å². The van der Waals surface area contributed by atoms with Crippen molar-refractivity contribution in [2.75, 3.05) is 18.4 Å². The molecule has 9 heteroatoms. The molecule has 0 aliphatic carbocycles. The molecule has 1 fully saturated rings. The molecule has 1 N–H and O–H groups in total. The second-order valence-electron chi connectivity index (χ2n) is 7.07. The highest BCUT2D eigenvalue weighted by Gasteiger charge is 2.47. The van der Waals surface area contributed by atoms with Crippen LogP contribution in [0.4, 0.5) is 10.5 Å². The van der Waals surface area contributed by atoms with Crippen molar-refractivity contribution < 1.29 is 14.4 Å². The summed E-state index contributed by atoms with van der Waals surface area (Å²) in [6.07, 6.45) is 2.42. The predicted octanol–water partition coefficient (Wildman–Crippen LogP) is 4.15. The van der Waals surface area contributed by atoms with Crippen LogP contribution in [0.5, 0.6) is 0 Å². The molecule has 30 heavy (non-hydrogen) atoms. The van der Waals surface area contributed by atoms with Gasteiger partial charge in [-0.2, -0.15) is 0 Å². The van der Waals surface area contributed by atoms with Crippen LogP contribution in [0.25, 0.3) is 0 Å². The van der Waals surface area contributed by atoms with Crippen LogP contribution in [0, 0.1) is 6.92 Å². The first-order chi connectivity index (χ1) is 14.5. The van der Waals surface area contributed by atoms with Gasteiger partial charge in [0.25, 0.3) is 0 Å². The molecule has 2 aromatic rings. The highest BCUT2D eigenvalue weighted by Crippen LogP contribution is 2.34. The van der Waals surface area contributed by atoms with E-state index in [1.54, 1.807) is 29.5 Å². The summed E-state index contributed by atoms with van der Waals surface area (Å²) in [6.45, 7) is 1.98. The minimum absolute atomic E-state index is 0.139. The van der Waals surface area contributed by atoms with Crippen LogP contribution in [0.1, 0.15) is 10.4 Å². The van der Waals surface area contributed by atoms with Crippen molar-refractivity contribution in [3.8, 4) is 0 Å². The Morgan fingerprint density at radius 2 is 2.07 bits per heavy atom. The van der Waals surface area contributed by atoms with Gasteiger partial charge in [0.05, 0.1) is 6.04 Å². The number of carbonyl (C=O) groups excluding carboxylic acids is 3. The fourth-order valence-electron chi connectivity index (χ4n) is 3.54. The zero-order valence-electron chi connectivity index (χ0n) is 16.2. The van der Waals surface area contributed by atoms with Gasteiger partial charge in [0, 0.05) is 22.1 Å². The third-order valence-corrected chi connectivity index (χ3v) is 7.61. The summed E-state index contributed by atoms with van der Waals surface area (Å²) in [7, 11) is 0. The number of thioether (sulfide) groups is 1. The molecule has 1 aromatic carbocycles. The number of thiophene rings is 1. The van der Waals surface area contributed by atoms with Gasteiger partial charge in [-0.15, -0.1) is 23.1 Å². The van der Waals surface area contributed by atoms with Gasteiger partial charge in [0.15, 0.2) is 0 Å². The van der Waals surface area contributed by atoms with Crippen LogP contribution in [0.3, 0.4) is 0 Å². The van der Waals surface area contributed by atoms with Crippen LogP contribution >= 0.6 is 34.7 Å². The van der Waals surface area contributed by atoms with E-state index < -0.39 is 17.3 Å². The Labute approximate surface area is 187 Å². The number of imide groups is 1. The largest absolute Gasteiger partial charge is 0.327 e. The van der Waals surface area contributed by atoms with Crippen LogP contribution in [0.2, 0.25) is 5.02 Å². The smallest absolute Gasteiger partial charge is 0.324 e. The van der Waals surface area contributed by atoms with Gasteiger partial charge in [0.2, 0.25) is 11.8 Å². The lowest BCUT2D eigenvalue weighted by atomic mass is 10.1. The number of hydrogen-bond acceptors (Lipinski definition) is 5. The summed E-state index contributed by atoms with van der Waals surface area (Å²) in [6, 6.07) is 8.36. The van der Waals surface area contributed by atoms with E-state index in [0.29, 0.717) is 23.7 Å². The Morgan fingerprint density at radius 1 is 1.23 bits per heavy atom. The molecule has 0 spiro atoms. The molecule has 4 rings (SSSR count). The SMILES string of the molecule is Cc1c(Cl)cccc1NC(=O)CN1C(=O)N(CCc2cccs2)C(=O)C2SC=CC21. The highest BCUT2D eigenvalue weighted by atomic mass is 35.5. The Balaban J connectivity index is 1.49. The van der Waals surface area contributed by atoms with Crippen molar-refractivity contribution in [1.29, 1.82) is 0 Å². The maximum Gasteiger partial charge on any atom is 0.327 e. The third kappa shape index (κ3) is 4.12. The Morgan fingerprint density at radius 3 is 2.83 bits per heavy atom. The normalized spacial score (nSPS) is 20.6. The minimum atomic E-state index is -0.428. The fraction of sp³-hybridized carbons (Fsp3) is 0.286. The maximum absolute atomic E-state index is 13.1. The number of hydrogen-bond donors (Lipinski definition) is 1. The molecular formula is C21H20ClN3O3S2. The average molecular weight is 462 g/mol. The molecule has 0 radical (unpaired) electrons. The summed E-state index contributed by atoms with van der Waals surface area (Å²) in [5.41, 5.74) is 1.37. The number of amides is 4. The molecule has 1 aromatic heterocycles. The lowest BCUT2D eigenvalue weighted by Gasteiger charge is -2.40. The van der Waals surface area contributed by atoms with E-state index in [4.69, 9.17) is 11.6 Å². The zero-order chi connectivity index (χ0) is 21.3. The first kappa shape index (κ1) is 21.0. The van der Waals surface area contributed by atoms with Crippen molar-refractivity contribution >= 4 is 58.2 Å². The summed E-state index contributed by atoms with van der Waals surface area (Å²) in [5.74, 6) is -0.524. The number of halogens is 1. The molecule has 2 aliphatic rings. The van der Waals surface area contributed by atoms with Crippen molar-refractivity contribution in [2.24, 2.45) is 0 Å².